The molecule has 1 aromatic rings. The third-order valence-electron chi connectivity index (χ3n) is 3.96. The average Bonchev–Trinajstić information content (AvgIpc) is 2.96. The standard InChI is InChI=1S/C16H17NO4/c1-8-5-9(2)7-10(6-8)17-15(18)13-11-3-4-12(21-11)14(13)16(19)20/h3-7,11-14H,1-2H3,(H,17,18)(H,19,20)/p-1/t11-,12+,13-,14+/m1/s1. The number of carboxylic acids is 1. The number of carbonyl (C=O) groups is 2. The summed E-state index contributed by atoms with van der Waals surface area (Å²) in [7, 11) is 0. The molecule has 0 radical (unpaired) electrons. The number of hydrogen-bond donors (Lipinski definition) is 1. The van der Waals surface area contributed by atoms with Crippen molar-refractivity contribution in [3.05, 3.63) is 41.5 Å². The second kappa shape index (κ2) is 5.00. The van der Waals surface area contributed by atoms with Crippen LogP contribution in [-0.2, 0) is 14.3 Å². The first-order chi connectivity index (χ1) is 9.95. The Hall–Kier alpha value is -2.14. The van der Waals surface area contributed by atoms with Gasteiger partial charge in [-0.3, -0.25) is 4.79 Å². The van der Waals surface area contributed by atoms with E-state index in [1.54, 1.807) is 12.2 Å². The summed E-state index contributed by atoms with van der Waals surface area (Å²) in [5, 5.41) is 14.1. The summed E-state index contributed by atoms with van der Waals surface area (Å²) < 4.78 is 5.47. The maximum absolute atomic E-state index is 12.4. The molecule has 3 rings (SSSR count). The minimum Gasteiger partial charge on any atom is -0.550 e. The topological polar surface area (TPSA) is 78.5 Å². The summed E-state index contributed by atoms with van der Waals surface area (Å²) in [6.07, 6.45) is 2.39. The molecule has 1 saturated heterocycles. The Morgan fingerprint density at radius 1 is 1.05 bits per heavy atom. The summed E-state index contributed by atoms with van der Waals surface area (Å²) in [6.45, 7) is 3.88. The number of aliphatic carboxylic acids is 1. The van der Waals surface area contributed by atoms with E-state index in [0.717, 1.165) is 11.1 Å². The largest absolute Gasteiger partial charge is 0.550 e. The highest BCUT2D eigenvalue weighted by Crippen LogP contribution is 2.39. The van der Waals surface area contributed by atoms with Crippen LogP contribution < -0.4 is 10.4 Å². The van der Waals surface area contributed by atoms with Crippen molar-refractivity contribution in [2.75, 3.05) is 5.32 Å². The number of anilines is 1. The van der Waals surface area contributed by atoms with Crippen LogP contribution in [0.1, 0.15) is 11.1 Å². The highest BCUT2D eigenvalue weighted by Gasteiger charge is 2.50. The molecule has 0 aromatic heterocycles. The number of benzene rings is 1. The van der Waals surface area contributed by atoms with Crippen LogP contribution in [0.5, 0.6) is 0 Å². The molecule has 1 N–H and O–H groups in total. The summed E-state index contributed by atoms with van der Waals surface area (Å²) in [6, 6.07) is 5.70. The van der Waals surface area contributed by atoms with Gasteiger partial charge in [-0.15, -0.1) is 0 Å². The zero-order valence-electron chi connectivity index (χ0n) is 11.8. The van der Waals surface area contributed by atoms with Crippen molar-refractivity contribution in [2.24, 2.45) is 11.8 Å². The number of hydrogen-bond acceptors (Lipinski definition) is 4. The van der Waals surface area contributed by atoms with Gasteiger partial charge in [0.25, 0.3) is 0 Å². The van der Waals surface area contributed by atoms with Gasteiger partial charge in [0.15, 0.2) is 0 Å². The van der Waals surface area contributed by atoms with Crippen molar-refractivity contribution >= 4 is 17.6 Å². The fraction of sp³-hybridized carbons (Fsp3) is 0.375. The second-order valence-corrected chi connectivity index (χ2v) is 5.69. The highest BCUT2D eigenvalue weighted by molar-refractivity contribution is 5.96. The lowest BCUT2D eigenvalue weighted by molar-refractivity contribution is -0.313. The summed E-state index contributed by atoms with van der Waals surface area (Å²) in [5.74, 6) is -3.25. The maximum Gasteiger partial charge on any atom is 0.231 e. The molecule has 0 saturated carbocycles. The predicted molar refractivity (Wildman–Crippen MR) is 74.3 cm³/mol. The number of ether oxygens (including phenoxy) is 1. The number of amides is 1. The lowest BCUT2D eigenvalue weighted by Gasteiger charge is -2.25. The molecule has 4 atom stereocenters. The Balaban J connectivity index is 1.82. The molecule has 2 bridgehead atoms. The fourth-order valence-corrected chi connectivity index (χ4v) is 3.17. The third kappa shape index (κ3) is 2.45. The van der Waals surface area contributed by atoms with Gasteiger partial charge in [0, 0.05) is 17.6 Å². The minimum atomic E-state index is -1.24. The first kappa shape index (κ1) is 13.8. The lowest BCUT2D eigenvalue weighted by Crippen LogP contribution is -2.45. The number of nitrogens with one attached hydrogen (secondary N) is 1. The quantitative estimate of drug-likeness (QED) is 0.824. The zero-order valence-corrected chi connectivity index (χ0v) is 11.8. The van der Waals surface area contributed by atoms with E-state index >= 15 is 0 Å². The van der Waals surface area contributed by atoms with Gasteiger partial charge >= 0.3 is 0 Å². The van der Waals surface area contributed by atoms with Crippen LogP contribution in [0.25, 0.3) is 0 Å². The maximum atomic E-state index is 12.4. The second-order valence-electron chi connectivity index (χ2n) is 5.69. The number of carboxylic acid groups (broad SMARTS) is 1. The smallest absolute Gasteiger partial charge is 0.231 e. The van der Waals surface area contributed by atoms with E-state index in [1.807, 2.05) is 32.0 Å². The van der Waals surface area contributed by atoms with Gasteiger partial charge in [0.1, 0.15) is 0 Å². The molecule has 110 valence electrons. The SMILES string of the molecule is Cc1cc(C)cc(NC(=O)[C@H]2[C@@H](C(=O)[O-])[C@@H]3C=C[C@H]2O3)c1. The van der Waals surface area contributed by atoms with Crippen LogP contribution in [0.4, 0.5) is 5.69 Å². The molecule has 21 heavy (non-hydrogen) atoms. The van der Waals surface area contributed by atoms with Crippen molar-refractivity contribution in [2.45, 2.75) is 26.1 Å². The van der Waals surface area contributed by atoms with Gasteiger partial charge in [0.2, 0.25) is 5.91 Å². The van der Waals surface area contributed by atoms with Crippen molar-refractivity contribution in [3.63, 3.8) is 0 Å². The van der Waals surface area contributed by atoms with Crippen LogP contribution in [0, 0.1) is 25.7 Å². The number of fused-ring (bicyclic) bond motifs is 2. The van der Waals surface area contributed by atoms with Crippen LogP contribution in [0.15, 0.2) is 30.4 Å². The van der Waals surface area contributed by atoms with Gasteiger partial charge in [-0.05, 0) is 37.1 Å². The lowest BCUT2D eigenvalue weighted by atomic mass is 9.82. The van der Waals surface area contributed by atoms with Crippen molar-refractivity contribution in [3.8, 4) is 0 Å². The molecule has 2 aliphatic heterocycles. The normalized spacial score (nSPS) is 29.6. The molecule has 0 unspecified atom stereocenters. The Morgan fingerprint density at radius 3 is 2.19 bits per heavy atom. The summed E-state index contributed by atoms with van der Waals surface area (Å²) >= 11 is 0. The van der Waals surface area contributed by atoms with E-state index in [1.165, 1.54) is 0 Å². The summed E-state index contributed by atoms with van der Waals surface area (Å²) in [5.41, 5.74) is 2.73. The Bertz CT molecular complexity index is 617. The van der Waals surface area contributed by atoms with E-state index < -0.39 is 30.0 Å². The molecular formula is C16H16NO4-. The molecule has 1 fully saturated rings. The molecule has 1 amide bonds. The molecular weight excluding hydrogens is 270 g/mol. The van der Waals surface area contributed by atoms with Gasteiger partial charge in [-0.2, -0.15) is 0 Å². The van der Waals surface area contributed by atoms with Crippen molar-refractivity contribution in [1.29, 1.82) is 0 Å². The first-order valence-corrected chi connectivity index (χ1v) is 6.89. The van der Waals surface area contributed by atoms with Crippen LogP contribution in [0.2, 0.25) is 0 Å². The number of aryl methyl sites for hydroxylation is 2. The molecule has 1 aromatic carbocycles. The molecule has 5 heteroatoms. The molecule has 2 heterocycles. The minimum absolute atomic E-state index is 0.342. The van der Waals surface area contributed by atoms with Gasteiger partial charge < -0.3 is 20.0 Å². The summed E-state index contributed by atoms with van der Waals surface area (Å²) in [4.78, 5) is 23.7. The van der Waals surface area contributed by atoms with E-state index in [-0.39, 0.29) is 5.91 Å². The van der Waals surface area contributed by atoms with Crippen LogP contribution in [-0.4, -0.2) is 24.1 Å². The van der Waals surface area contributed by atoms with Crippen molar-refractivity contribution in [1.82, 2.24) is 0 Å². The third-order valence-corrected chi connectivity index (χ3v) is 3.96. The molecule has 0 aliphatic carbocycles. The Kier molecular flexibility index (Phi) is 3.29. The van der Waals surface area contributed by atoms with E-state index in [2.05, 4.69) is 5.32 Å². The zero-order chi connectivity index (χ0) is 15.1. The first-order valence-electron chi connectivity index (χ1n) is 6.89. The van der Waals surface area contributed by atoms with Crippen molar-refractivity contribution < 1.29 is 19.4 Å². The number of rotatable bonds is 3. The fourth-order valence-electron chi connectivity index (χ4n) is 3.17. The molecule has 5 nitrogen and oxygen atoms in total. The Labute approximate surface area is 122 Å². The Morgan fingerprint density at radius 2 is 1.62 bits per heavy atom. The molecule has 2 aliphatic rings. The number of carbonyl (C=O) groups excluding carboxylic acids is 2. The van der Waals surface area contributed by atoms with Crippen LogP contribution >= 0.6 is 0 Å². The van der Waals surface area contributed by atoms with Gasteiger partial charge in [-0.25, -0.2) is 0 Å². The molecule has 0 spiro atoms. The van der Waals surface area contributed by atoms with E-state index in [0.29, 0.717) is 5.69 Å². The van der Waals surface area contributed by atoms with Crippen LogP contribution in [0.3, 0.4) is 0 Å². The van der Waals surface area contributed by atoms with E-state index in [4.69, 9.17) is 4.74 Å². The monoisotopic (exact) mass is 286 g/mol. The van der Waals surface area contributed by atoms with Gasteiger partial charge in [0.05, 0.1) is 18.1 Å². The predicted octanol–water partition coefficient (Wildman–Crippen LogP) is 0.561. The van der Waals surface area contributed by atoms with E-state index in [9.17, 15) is 14.7 Å². The highest BCUT2D eigenvalue weighted by atomic mass is 16.5. The van der Waals surface area contributed by atoms with Gasteiger partial charge in [-0.1, -0.05) is 18.2 Å². The average molecular weight is 286 g/mol.